The molecule has 3 heteroatoms. The second-order valence-electron chi connectivity index (χ2n) is 5.26. The smallest absolute Gasteiger partial charge is 0.211 e. The Balaban J connectivity index is 2.08. The van der Waals surface area contributed by atoms with Crippen LogP contribution < -0.4 is 5.32 Å². The normalized spacial score (nSPS) is 19.5. The molecule has 19 heavy (non-hydrogen) atoms. The standard InChI is InChI=1S/C16H17NO2/c18-10-17-15-14(11-6-2-1-3-7-11)12-8-4-5-9-13(12)16(15)19/h4-5,8-11H,1-3,6-7H2,(H,17,18,19). The Hall–Kier alpha value is -1.90. The summed E-state index contributed by atoms with van der Waals surface area (Å²) in [5, 5.41) is 2.64. The van der Waals surface area contributed by atoms with E-state index in [1.807, 2.05) is 24.3 Å². The third-order valence-electron chi connectivity index (χ3n) is 4.17. The van der Waals surface area contributed by atoms with Crippen LogP contribution in [0.25, 0.3) is 5.57 Å². The highest BCUT2D eigenvalue weighted by Gasteiger charge is 2.33. The lowest BCUT2D eigenvalue weighted by molar-refractivity contribution is -0.108. The summed E-state index contributed by atoms with van der Waals surface area (Å²) in [7, 11) is 0. The maximum atomic E-state index is 12.4. The van der Waals surface area contributed by atoms with E-state index in [2.05, 4.69) is 5.32 Å². The molecule has 0 aliphatic heterocycles. The maximum Gasteiger partial charge on any atom is 0.211 e. The summed E-state index contributed by atoms with van der Waals surface area (Å²) < 4.78 is 0. The number of hydrogen-bond donors (Lipinski definition) is 1. The Bertz CT molecular complexity index is 554. The zero-order chi connectivity index (χ0) is 13.2. The molecule has 1 aromatic rings. The summed E-state index contributed by atoms with van der Waals surface area (Å²) >= 11 is 0. The minimum Gasteiger partial charge on any atom is -0.325 e. The highest BCUT2D eigenvalue weighted by Crippen LogP contribution is 2.42. The van der Waals surface area contributed by atoms with Crippen molar-refractivity contribution in [3.63, 3.8) is 0 Å². The van der Waals surface area contributed by atoms with Crippen molar-refractivity contribution in [1.82, 2.24) is 5.32 Å². The number of amides is 1. The number of carbonyl (C=O) groups is 2. The van der Waals surface area contributed by atoms with Crippen molar-refractivity contribution >= 4 is 17.8 Å². The molecule has 2 aliphatic rings. The monoisotopic (exact) mass is 255 g/mol. The maximum absolute atomic E-state index is 12.4. The molecule has 98 valence electrons. The van der Waals surface area contributed by atoms with Gasteiger partial charge in [0.15, 0.2) is 0 Å². The van der Waals surface area contributed by atoms with Crippen LogP contribution in [0.2, 0.25) is 0 Å². The van der Waals surface area contributed by atoms with Gasteiger partial charge in [-0.25, -0.2) is 0 Å². The number of carbonyl (C=O) groups excluding carboxylic acids is 2. The van der Waals surface area contributed by atoms with Crippen molar-refractivity contribution in [3.8, 4) is 0 Å². The molecule has 1 N–H and O–H groups in total. The zero-order valence-corrected chi connectivity index (χ0v) is 10.8. The van der Waals surface area contributed by atoms with E-state index in [-0.39, 0.29) is 5.78 Å². The Morgan fingerprint density at radius 3 is 2.42 bits per heavy atom. The van der Waals surface area contributed by atoms with Gasteiger partial charge in [-0.15, -0.1) is 0 Å². The van der Waals surface area contributed by atoms with Crippen LogP contribution in [0.5, 0.6) is 0 Å². The van der Waals surface area contributed by atoms with Crippen LogP contribution in [0.4, 0.5) is 0 Å². The zero-order valence-electron chi connectivity index (χ0n) is 10.8. The van der Waals surface area contributed by atoms with Crippen molar-refractivity contribution in [3.05, 3.63) is 41.1 Å². The van der Waals surface area contributed by atoms with Crippen molar-refractivity contribution < 1.29 is 9.59 Å². The quantitative estimate of drug-likeness (QED) is 0.844. The van der Waals surface area contributed by atoms with Gasteiger partial charge in [0.2, 0.25) is 12.2 Å². The molecule has 2 aliphatic carbocycles. The Morgan fingerprint density at radius 1 is 1.05 bits per heavy atom. The van der Waals surface area contributed by atoms with Crippen molar-refractivity contribution in [2.24, 2.45) is 5.92 Å². The molecule has 1 amide bonds. The molecule has 1 saturated carbocycles. The molecule has 0 spiro atoms. The van der Waals surface area contributed by atoms with Gasteiger partial charge < -0.3 is 5.32 Å². The molecule has 0 heterocycles. The third-order valence-corrected chi connectivity index (χ3v) is 4.17. The predicted octanol–water partition coefficient (Wildman–Crippen LogP) is 2.92. The molecular weight excluding hydrogens is 238 g/mol. The lowest BCUT2D eigenvalue weighted by Gasteiger charge is -2.24. The number of hydrogen-bond acceptors (Lipinski definition) is 2. The average Bonchev–Trinajstić information content (AvgIpc) is 2.74. The molecule has 1 fully saturated rings. The van der Waals surface area contributed by atoms with Crippen molar-refractivity contribution in [2.45, 2.75) is 32.1 Å². The van der Waals surface area contributed by atoms with Gasteiger partial charge >= 0.3 is 0 Å². The predicted molar refractivity (Wildman–Crippen MR) is 73.5 cm³/mol. The number of rotatable bonds is 3. The summed E-state index contributed by atoms with van der Waals surface area (Å²) in [5.74, 6) is 0.368. The number of Topliss-reactive ketones (excluding diaryl/α,β-unsaturated/α-hetero) is 1. The molecule has 0 atom stereocenters. The van der Waals surface area contributed by atoms with E-state index in [4.69, 9.17) is 0 Å². The second kappa shape index (κ2) is 5.00. The largest absolute Gasteiger partial charge is 0.325 e. The molecule has 0 radical (unpaired) electrons. The molecular formula is C16H17NO2. The highest BCUT2D eigenvalue weighted by molar-refractivity contribution is 6.21. The first-order valence-electron chi connectivity index (χ1n) is 6.91. The van der Waals surface area contributed by atoms with E-state index >= 15 is 0 Å². The first-order chi connectivity index (χ1) is 9.33. The summed E-state index contributed by atoms with van der Waals surface area (Å²) in [5.41, 5.74) is 3.31. The van der Waals surface area contributed by atoms with Crippen LogP contribution in [0.1, 0.15) is 48.0 Å². The third kappa shape index (κ3) is 1.99. The highest BCUT2D eigenvalue weighted by atomic mass is 16.1. The van der Waals surface area contributed by atoms with E-state index in [1.165, 1.54) is 19.3 Å². The fourth-order valence-corrected chi connectivity index (χ4v) is 3.33. The van der Waals surface area contributed by atoms with Gasteiger partial charge in [-0.3, -0.25) is 9.59 Å². The van der Waals surface area contributed by atoms with E-state index in [0.29, 0.717) is 18.0 Å². The molecule has 0 aromatic heterocycles. The molecule has 1 aromatic carbocycles. The lowest BCUT2D eigenvalue weighted by atomic mass is 9.81. The summed E-state index contributed by atoms with van der Waals surface area (Å²) in [6, 6.07) is 7.68. The Kier molecular flexibility index (Phi) is 3.20. The molecule has 3 rings (SSSR count). The molecule has 0 unspecified atom stereocenters. The summed E-state index contributed by atoms with van der Waals surface area (Å²) in [6.07, 6.45) is 6.53. The number of ketones is 1. The second-order valence-corrected chi connectivity index (χ2v) is 5.26. The molecule has 0 bridgehead atoms. The van der Waals surface area contributed by atoms with Crippen LogP contribution in [-0.4, -0.2) is 12.2 Å². The van der Waals surface area contributed by atoms with Gasteiger partial charge in [0, 0.05) is 5.56 Å². The number of nitrogens with one attached hydrogen (secondary N) is 1. The van der Waals surface area contributed by atoms with Gasteiger partial charge in [-0.1, -0.05) is 43.5 Å². The fourth-order valence-electron chi connectivity index (χ4n) is 3.33. The van der Waals surface area contributed by atoms with Crippen molar-refractivity contribution in [2.75, 3.05) is 0 Å². The number of fused-ring (bicyclic) bond motifs is 1. The van der Waals surface area contributed by atoms with Gasteiger partial charge in [-0.2, -0.15) is 0 Å². The number of benzene rings is 1. The van der Waals surface area contributed by atoms with Crippen LogP contribution >= 0.6 is 0 Å². The Labute approximate surface area is 112 Å². The van der Waals surface area contributed by atoms with Gasteiger partial charge in [0.05, 0.1) is 5.70 Å². The molecule has 3 nitrogen and oxygen atoms in total. The van der Waals surface area contributed by atoms with E-state index < -0.39 is 0 Å². The van der Waals surface area contributed by atoms with Crippen molar-refractivity contribution in [1.29, 1.82) is 0 Å². The van der Waals surface area contributed by atoms with Crippen LogP contribution in [0.15, 0.2) is 30.0 Å². The van der Waals surface area contributed by atoms with Crippen LogP contribution in [0, 0.1) is 5.92 Å². The van der Waals surface area contributed by atoms with E-state index in [9.17, 15) is 9.59 Å². The first kappa shape index (κ1) is 12.2. The van der Waals surface area contributed by atoms with Gasteiger partial charge in [0.1, 0.15) is 0 Å². The summed E-state index contributed by atoms with van der Waals surface area (Å²) in [4.78, 5) is 23.1. The fraction of sp³-hybridized carbons (Fsp3) is 0.375. The first-order valence-corrected chi connectivity index (χ1v) is 6.91. The summed E-state index contributed by atoms with van der Waals surface area (Å²) in [6.45, 7) is 0. The van der Waals surface area contributed by atoms with E-state index in [1.54, 1.807) is 0 Å². The average molecular weight is 255 g/mol. The SMILES string of the molecule is O=CNC1=C(C2CCCCC2)c2ccccc2C1=O. The number of allylic oxidation sites excluding steroid dienone is 2. The van der Waals surface area contributed by atoms with Gasteiger partial charge in [0.25, 0.3) is 0 Å². The Morgan fingerprint density at radius 2 is 1.74 bits per heavy atom. The molecule has 0 saturated heterocycles. The lowest BCUT2D eigenvalue weighted by Crippen LogP contribution is -2.19. The van der Waals surface area contributed by atoms with E-state index in [0.717, 1.165) is 29.5 Å². The topological polar surface area (TPSA) is 46.2 Å². The van der Waals surface area contributed by atoms with Crippen LogP contribution in [0.3, 0.4) is 0 Å². The minimum atomic E-state index is -0.0386. The van der Waals surface area contributed by atoms with Crippen LogP contribution in [-0.2, 0) is 4.79 Å². The minimum absolute atomic E-state index is 0.0386. The van der Waals surface area contributed by atoms with Gasteiger partial charge in [-0.05, 0) is 29.9 Å².